The minimum atomic E-state index is -3.81. The summed E-state index contributed by atoms with van der Waals surface area (Å²) in [4.78, 5) is 0. The summed E-state index contributed by atoms with van der Waals surface area (Å²) in [6, 6.07) is 0. The zero-order valence-corrected chi connectivity index (χ0v) is 17.4. The van der Waals surface area contributed by atoms with Crippen molar-refractivity contribution in [3.8, 4) is 0 Å². The van der Waals surface area contributed by atoms with Crippen molar-refractivity contribution in [2.24, 2.45) is 34.5 Å². The van der Waals surface area contributed by atoms with Gasteiger partial charge in [-0.3, -0.25) is 4.55 Å². The highest BCUT2D eigenvalue weighted by molar-refractivity contribution is 7.85. The van der Waals surface area contributed by atoms with Crippen LogP contribution in [-0.4, -0.2) is 18.7 Å². The predicted octanol–water partition coefficient (Wildman–Crippen LogP) is 5.62. The van der Waals surface area contributed by atoms with Gasteiger partial charge < -0.3 is 0 Å². The molecule has 0 unspecified atom stereocenters. The van der Waals surface area contributed by atoms with Crippen LogP contribution in [0.25, 0.3) is 0 Å². The van der Waals surface area contributed by atoms with Crippen LogP contribution in [0.15, 0.2) is 11.6 Å². The number of rotatable bonds is 4. The summed E-state index contributed by atoms with van der Waals surface area (Å²) in [7, 11) is -3.81. The first-order chi connectivity index (χ1) is 12.2. The van der Waals surface area contributed by atoms with Crippen LogP contribution in [0.3, 0.4) is 0 Å². The van der Waals surface area contributed by atoms with Crippen LogP contribution in [0.2, 0.25) is 0 Å². The van der Waals surface area contributed by atoms with Crippen molar-refractivity contribution < 1.29 is 13.0 Å². The number of allylic oxidation sites excluding steroid dienone is 2. The fourth-order valence-electron chi connectivity index (χ4n) is 7.79. The summed E-state index contributed by atoms with van der Waals surface area (Å²) < 4.78 is 31.2. The minimum absolute atomic E-state index is 0.0690. The second-order valence-corrected chi connectivity index (χ2v) is 11.8. The maximum Gasteiger partial charge on any atom is 0.264 e. The van der Waals surface area contributed by atoms with Gasteiger partial charge in [-0.2, -0.15) is 8.42 Å². The molecule has 4 rings (SSSR count). The molecule has 1 N–H and O–H groups in total. The number of hydrogen-bond donors (Lipinski definition) is 1. The summed E-state index contributed by atoms with van der Waals surface area (Å²) in [6.45, 7) is 5.07. The topological polar surface area (TPSA) is 54.4 Å². The molecule has 3 fully saturated rings. The lowest BCUT2D eigenvalue weighted by Gasteiger charge is -2.57. The zero-order valence-electron chi connectivity index (χ0n) is 16.5. The Balaban J connectivity index is 1.50. The number of hydrogen-bond acceptors (Lipinski definition) is 2. The average Bonchev–Trinajstić information content (AvgIpc) is 2.90. The van der Waals surface area contributed by atoms with Crippen LogP contribution in [0, 0.1) is 34.5 Å². The molecule has 26 heavy (non-hydrogen) atoms. The number of fused-ring (bicyclic) bond motifs is 5. The lowest BCUT2D eigenvalue weighted by Crippen LogP contribution is -2.49. The maximum absolute atomic E-state index is 11.1. The highest BCUT2D eigenvalue weighted by Crippen LogP contribution is 2.66. The van der Waals surface area contributed by atoms with Gasteiger partial charge in [-0.25, -0.2) is 0 Å². The van der Waals surface area contributed by atoms with Crippen molar-refractivity contribution in [3.63, 3.8) is 0 Å². The van der Waals surface area contributed by atoms with Crippen LogP contribution >= 0.6 is 0 Å². The molecule has 6 atom stereocenters. The molecule has 148 valence electrons. The fourth-order valence-corrected chi connectivity index (χ4v) is 8.32. The second-order valence-electron chi connectivity index (χ2n) is 10.2. The van der Waals surface area contributed by atoms with Gasteiger partial charge in [0.1, 0.15) is 0 Å². The molecule has 0 aromatic heterocycles. The summed E-state index contributed by atoms with van der Waals surface area (Å²) in [5.41, 5.74) is 2.62. The average molecular weight is 381 g/mol. The van der Waals surface area contributed by atoms with Gasteiger partial charge >= 0.3 is 0 Å². The first-order valence-corrected chi connectivity index (χ1v) is 12.5. The summed E-state index contributed by atoms with van der Waals surface area (Å²) in [6.07, 6.45) is 16.2. The first-order valence-electron chi connectivity index (χ1n) is 10.9. The van der Waals surface area contributed by atoms with Crippen LogP contribution in [0.1, 0.15) is 84.5 Å². The van der Waals surface area contributed by atoms with Crippen molar-refractivity contribution in [2.75, 3.05) is 5.75 Å². The molecule has 0 bridgehead atoms. The van der Waals surface area contributed by atoms with Gasteiger partial charge in [-0.15, -0.1) is 0 Å². The summed E-state index contributed by atoms with van der Waals surface area (Å²) in [5.74, 6) is 3.10. The van der Waals surface area contributed by atoms with E-state index < -0.39 is 10.1 Å². The van der Waals surface area contributed by atoms with Crippen molar-refractivity contribution in [2.45, 2.75) is 84.5 Å². The standard InChI is InChI=1S/C22H36O3S/c1-21-13-4-3-6-16(21)8-10-18-19-11-9-17(7-5-15-26(23,24)25)22(19,2)14-12-20(18)21/h8,17-20H,3-7,9-15H2,1-2H3,(H,23,24,25)/t17-,18-,19-,20-,21-,22+/m0/s1. The molecule has 3 nitrogen and oxygen atoms in total. The van der Waals surface area contributed by atoms with E-state index in [4.69, 9.17) is 4.55 Å². The van der Waals surface area contributed by atoms with Crippen LogP contribution < -0.4 is 0 Å². The molecule has 0 aliphatic heterocycles. The molecule has 4 heteroatoms. The zero-order chi connectivity index (χ0) is 18.6. The molecule has 4 aliphatic carbocycles. The SMILES string of the molecule is C[C@]12CC[C@H]3[C@@H](CC=C4CCCC[C@@]43C)[C@@H]1CC[C@@H]2CCCS(=O)(=O)O. The third-order valence-electron chi connectivity index (χ3n) is 9.17. The van der Waals surface area contributed by atoms with Crippen LogP contribution in [0.5, 0.6) is 0 Å². The van der Waals surface area contributed by atoms with E-state index in [9.17, 15) is 8.42 Å². The van der Waals surface area contributed by atoms with E-state index in [1.54, 1.807) is 5.57 Å². The van der Waals surface area contributed by atoms with E-state index in [2.05, 4.69) is 19.9 Å². The summed E-state index contributed by atoms with van der Waals surface area (Å²) >= 11 is 0. The monoisotopic (exact) mass is 380 g/mol. The molecular formula is C22H36O3S. The van der Waals surface area contributed by atoms with E-state index in [1.165, 1.54) is 57.8 Å². The smallest absolute Gasteiger partial charge is 0.264 e. The van der Waals surface area contributed by atoms with E-state index in [0.29, 0.717) is 23.2 Å². The third-order valence-corrected chi connectivity index (χ3v) is 9.97. The molecule has 3 saturated carbocycles. The minimum Gasteiger partial charge on any atom is -0.286 e. The van der Waals surface area contributed by atoms with Gasteiger partial charge in [0.25, 0.3) is 10.1 Å². The van der Waals surface area contributed by atoms with Crippen molar-refractivity contribution in [1.82, 2.24) is 0 Å². The van der Waals surface area contributed by atoms with Gasteiger partial charge in [0.15, 0.2) is 0 Å². The van der Waals surface area contributed by atoms with E-state index in [1.807, 2.05) is 0 Å². The van der Waals surface area contributed by atoms with Crippen LogP contribution in [-0.2, 0) is 10.1 Å². The Bertz CT molecular complexity index is 682. The Morgan fingerprint density at radius 1 is 1.12 bits per heavy atom. The van der Waals surface area contributed by atoms with Crippen molar-refractivity contribution in [1.29, 1.82) is 0 Å². The van der Waals surface area contributed by atoms with Crippen molar-refractivity contribution >= 4 is 10.1 Å². The van der Waals surface area contributed by atoms with Gasteiger partial charge in [-0.05, 0) is 98.7 Å². The molecule has 0 saturated heterocycles. The summed E-state index contributed by atoms with van der Waals surface area (Å²) in [5, 5.41) is 0. The third kappa shape index (κ3) is 3.09. The van der Waals surface area contributed by atoms with Gasteiger partial charge in [0.05, 0.1) is 5.75 Å². The highest BCUT2D eigenvalue weighted by Gasteiger charge is 2.57. The Morgan fingerprint density at radius 2 is 1.92 bits per heavy atom. The van der Waals surface area contributed by atoms with Gasteiger partial charge in [0, 0.05) is 0 Å². The molecule has 0 amide bonds. The Kier molecular flexibility index (Phi) is 4.83. The van der Waals surface area contributed by atoms with E-state index >= 15 is 0 Å². The van der Waals surface area contributed by atoms with Gasteiger partial charge in [0.2, 0.25) is 0 Å². The van der Waals surface area contributed by atoms with Gasteiger partial charge in [-0.1, -0.05) is 31.9 Å². The molecule has 0 aromatic carbocycles. The fraction of sp³-hybridized carbons (Fsp3) is 0.909. The molecule has 0 aromatic rings. The maximum atomic E-state index is 11.1. The van der Waals surface area contributed by atoms with E-state index in [0.717, 1.165) is 24.2 Å². The Labute approximate surface area is 159 Å². The molecule has 0 radical (unpaired) electrons. The molecule has 0 heterocycles. The first kappa shape index (κ1) is 19.0. The van der Waals surface area contributed by atoms with E-state index in [-0.39, 0.29) is 5.75 Å². The molecular weight excluding hydrogens is 344 g/mol. The second kappa shape index (κ2) is 6.62. The molecule has 4 aliphatic rings. The predicted molar refractivity (Wildman–Crippen MR) is 105 cm³/mol. The Morgan fingerprint density at radius 3 is 2.69 bits per heavy atom. The molecule has 0 spiro atoms. The normalized spacial score (nSPS) is 45.4. The highest BCUT2D eigenvalue weighted by atomic mass is 32.2. The largest absolute Gasteiger partial charge is 0.286 e. The lowest BCUT2D eigenvalue weighted by molar-refractivity contribution is -0.0422. The quantitative estimate of drug-likeness (QED) is 0.508. The van der Waals surface area contributed by atoms with Crippen molar-refractivity contribution in [3.05, 3.63) is 11.6 Å². The van der Waals surface area contributed by atoms with Crippen LogP contribution in [0.4, 0.5) is 0 Å². The Hall–Kier alpha value is -0.350. The lowest BCUT2D eigenvalue weighted by atomic mass is 9.47.